The van der Waals surface area contributed by atoms with Crippen LogP contribution in [0.1, 0.15) is 17.2 Å². The summed E-state index contributed by atoms with van der Waals surface area (Å²) in [6.45, 7) is 6.59. The SMILES string of the molecule is Cc1ccc(-c2ccnc(NCCSc3n[nH]c(C)n3)n2)c(C)n1. The lowest BCUT2D eigenvalue weighted by molar-refractivity contribution is 0.968. The summed E-state index contributed by atoms with van der Waals surface area (Å²) in [5, 5.41) is 10.9. The average Bonchev–Trinajstić information content (AvgIpc) is 2.97. The molecular weight excluding hydrogens is 322 g/mol. The molecule has 0 bridgehead atoms. The van der Waals surface area contributed by atoms with Crippen molar-refractivity contribution in [2.45, 2.75) is 25.9 Å². The van der Waals surface area contributed by atoms with Crippen LogP contribution in [0.5, 0.6) is 0 Å². The van der Waals surface area contributed by atoms with Crippen molar-refractivity contribution in [1.29, 1.82) is 0 Å². The highest BCUT2D eigenvalue weighted by atomic mass is 32.2. The van der Waals surface area contributed by atoms with E-state index in [1.54, 1.807) is 18.0 Å². The fraction of sp³-hybridized carbons (Fsp3) is 0.312. The summed E-state index contributed by atoms with van der Waals surface area (Å²) in [4.78, 5) is 17.6. The van der Waals surface area contributed by atoms with Gasteiger partial charge >= 0.3 is 0 Å². The van der Waals surface area contributed by atoms with Crippen molar-refractivity contribution in [3.8, 4) is 11.3 Å². The number of hydrogen-bond acceptors (Lipinski definition) is 7. The molecule has 0 radical (unpaired) electrons. The Hall–Kier alpha value is -2.48. The lowest BCUT2D eigenvalue weighted by Gasteiger charge is -2.08. The molecule has 3 aromatic rings. The third-order valence-corrected chi connectivity index (χ3v) is 4.20. The standard InChI is InChI=1S/C16H19N7S/c1-10-4-5-13(11(2)19-10)14-6-7-17-15(21-14)18-8-9-24-16-20-12(3)22-23-16/h4-7H,8-9H2,1-3H3,(H,17,18,21)(H,20,22,23). The number of rotatable bonds is 6. The van der Waals surface area contributed by atoms with Crippen molar-refractivity contribution < 1.29 is 0 Å². The average molecular weight is 341 g/mol. The van der Waals surface area contributed by atoms with Gasteiger partial charge in [0.1, 0.15) is 5.82 Å². The first-order chi connectivity index (χ1) is 11.6. The van der Waals surface area contributed by atoms with E-state index in [0.29, 0.717) is 5.95 Å². The summed E-state index contributed by atoms with van der Waals surface area (Å²) in [6.07, 6.45) is 1.76. The van der Waals surface area contributed by atoms with Crippen LogP contribution in [-0.2, 0) is 0 Å². The van der Waals surface area contributed by atoms with Gasteiger partial charge in [-0.2, -0.15) is 0 Å². The molecule has 0 aliphatic carbocycles. The second-order valence-corrected chi connectivity index (χ2v) is 6.39. The van der Waals surface area contributed by atoms with Crippen LogP contribution in [0.3, 0.4) is 0 Å². The van der Waals surface area contributed by atoms with E-state index in [9.17, 15) is 0 Å². The predicted molar refractivity (Wildman–Crippen MR) is 95.1 cm³/mol. The van der Waals surface area contributed by atoms with Gasteiger partial charge in [0.15, 0.2) is 0 Å². The fourth-order valence-electron chi connectivity index (χ4n) is 2.24. The van der Waals surface area contributed by atoms with Crippen LogP contribution in [0.15, 0.2) is 29.6 Å². The molecule has 0 aromatic carbocycles. The number of thioether (sulfide) groups is 1. The van der Waals surface area contributed by atoms with E-state index in [1.807, 2.05) is 39.0 Å². The van der Waals surface area contributed by atoms with Gasteiger partial charge < -0.3 is 5.32 Å². The Labute approximate surface area is 144 Å². The minimum Gasteiger partial charge on any atom is -0.353 e. The summed E-state index contributed by atoms with van der Waals surface area (Å²) in [7, 11) is 0. The molecule has 0 aliphatic rings. The third-order valence-electron chi connectivity index (χ3n) is 3.35. The van der Waals surface area contributed by atoms with Crippen LogP contribution in [0.4, 0.5) is 5.95 Å². The highest BCUT2D eigenvalue weighted by molar-refractivity contribution is 7.99. The Kier molecular flexibility index (Phi) is 5.05. The molecular formula is C16H19N7S. The second kappa shape index (κ2) is 7.39. The summed E-state index contributed by atoms with van der Waals surface area (Å²) >= 11 is 1.58. The van der Waals surface area contributed by atoms with Crippen LogP contribution >= 0.6 is 11.8 Å². The quantitative estimate of drug-likeness (QED) is 0.526. The number of nitrogens with one attached hydrogen (secondary N) is 2. The van der Waals surface area contributed by atoms with Crippen molar-refractivity contribution in [3.05, 3.63) is 41.6 Å². The number of aromatic amines is 1. The zero-order valence-corrected chi connectivity index (χ0v) is 14.7. The van der Waals surface area contributed by atoms with E-state index >= 15 is 0 Å². The molecule has 0 spiro atoms. The van der Waals surface area contributed by atoms with Crippen LogP contribution in [0, 0.1) is 20.8 Å². The van der Waals surface area contributed by atoms with E-state index in [-0.39, 0.29) is 0 Å². The first-order valence-electron chi connectivity index (χ1n) is 7.65. The molecule has 7 nitrogen and oxygen atoms in total. The third kappa shape index (κ3) is 4.08. The maximum Gasteiger partial charge on any atom is 0.223 e. The van der Waals surface area contributed by atoms with Gasteiger partial charge in [-0.25, -0.2) is 15.0 Å². The van der Waals surface area contributed by atoms with Crippen LogP contribution < -0.4 is 5.32 Å². The number of anilines is 1. The van der Waals surface area contributed by atoms with Crippen LogP contribution in [0.25, 0.3) is 11.3 Å². The van der Waals surface area contributed by atoms with Crippen molar-refractivity contribution >= 4 is 17.7 Å². The monoisotopic (exact) mass is 341 g/mol. The summed E-state index contributed by atoms with van der Waals surface area (Å²) in [5.41, 5.74) is 3.87. The van der Waals surface area contributed by atoms with Gasteiger partial charge in [0, 0.05) is 35.4 Å². The number of H-pyrrole nitrogens is 1. The van der Waals surface area contributed by atoms with Crippen LogP contribution in [-0.4, -0.2) is 42.4 Å². The van der Waals surface area contributed by atoms with Crippen molar-refractivity contribution in [2.75, 3.05) is 17.6 Å². The van der Waals surface area contributed by atoms with Gasteiger partial charge in [-0.1, -0.05) is 11.8 Å². The van der Waals surface area contributed by atoms with Crippen LogP contribution in [0.2, 0.25) is 0 Å². The normalized spacial score (nSPS) is 10.8. The predicted octanol–water partition coefficient (Wildman–Crippen LogP) is 2.79. The number of pyridine rings is 1. The second-order valence-electron chi connectivity index (χ2n) is 5.33. The molecule has 0 fully saturated rings. The Balaban J connectivity index is 1.61. The minimum atomic E-state index is 0.610. The van der Waals surface area contributed by atoms with Gasteiger partial charge in [-0.05, 0) is 39.0 Å². The minimum absolute atomic E-state index is 0.610. The molecule has 3 rings (SSSR count). The smallest absolute Gasteiger partial charge is 0.223 e. The van der Waals surface area contributed by atoms with Gasteiger partial charge in [0.05, 0.1) is 5.69 Å². The highest BCUT2D eigenvalue weighted by Gasteiger charge is 2.07. The lowest BCUT2D eigenvalue weighted by Crippen LogP contribution is -2.08. The van der Waals surface area contributed by atoms with E-state index in [2.05, 4.69) is 35.5 Å². The van der Waals surface area contributed by atoms with Gasteiger partial charge in [-0.15, -0.1) is 5.10 Å². The molecule has 8 heteroatoms. The molecule has 0 aliphatic heterocycles. The number of aryl methyl sites for hydroxylation is 3. The molecule has 24 heavy (non-hydrogen) atoms. The number of hydrogen-bond donors (Lipinski definition) is 2. The Morgan fingerprint density at radius 2 is 1.96 bits per heavy atom. The molecule has 3 aromatic heterocycles. The Morgan fingerprint density at radius 1 is 1.08 bits per heavy atom. The summed E-state index contributed by atoms with van der Waals surface area (Å²) < 4.78 is 0. The van der Waals surface area contributed by atoms with E-state index in [0.717, 1.165) is 45.9 Å². The van der Waals surface area contributed by atoms with E-state index in [4.69, 9.17) is 0 Å². The number of nitrogens with zero attached hydrogens (tertiary/aromatic N) is 5. The van der Waals surface area contributed by atoms with E-state index in [1.165, 1.54) is 0 Å². The topological polar surface area (TPSA) is 92.3 Å². The molecule has 0 amide bonds. The lowest BCUT2D eigenvalue weighted by atomic mass is 10.1. The Morgan fingerprint density at radius 3 is 2.71 bits per heavy atom. The van der Waals surface area contributed by atoms with Crippen molar-refractivity contribution in [2.24, 2.45) is 0 Å². The maximum atomic E-state index is 4.57. The summed E-state index contributed by atoms with van der Waals surface area (Å²) in [5.74, 6) is 2.26. The molecule has 0 saturated heterocycles. The molecule has 0 atom stereocenters. The molecule has 0 unspecified atom stereocenters. The first-order valence-corrected chi connectivity index (χ1v) is 8.64. The first kappa shape index (κ1) is 16.4. The van der Waals surface area contributed by atoms with Crippen molar-refractivity contribution in [1.82, 2.24) is 30.1 Å². The maximum absolute atomic E-state index is 4.57. The van der Waals surface area contributed by atoms with E-state index < -0.39 is 0 Å². The molecule has 3 heterocycles. The highest BCUT2D eigenvalue weighted by Crippen LogP contribution is 2.21. The van der Waals surface area contributed by atoms with Gasteiger partial charge in [0.2, 0.25) is 11.1 Å². The van der Waals surface area contributed by atoms with Gasteiger partial charge in [-0.3, -0.25) is 10.1 Å². The zero-order chi connectivity index (χ0) is 16.9. The number of aromatic nitrogens is 6. The fourth-order valence-corrected chi connectivity index (χ4v) is 2.94. The zero-order valence-electron chi connectivity index (χ0n) is 13.9. The largest absolute Gasteiger partial charge is 0.353 e. The van der Waals surface area contributed by atoms with Crippen molar-refractivity contribution in [3.63, 3.8) is 0 Å². The molecule has 2 N–H and O–H groups in total. The Bertz CT molecular complexity index is 831. The molecule has 0 saturated carbocycles. The van der Waals surface area contributed by atoms with Gasteiger partial charge in [0.25, 0.3) is 0 Å². The molecule has 124 valence electrons. The summed E-state index contributed by atoms with van der Waals surface area (Å²) in [6, 6.07) is 5.94.